The van der Waals surface area contributed by atoms with E-state index in [1.807, 2.05) is 0 Å². The number of anilines is 2. The smallest absolute Gasteiger partial charge is 0.339 e. The SMILES string of the molecule is COC(=O)c1ccc(C(=O)OC)c(NS(=O)(=O)c2nnc(NC(=O)c3ccccc3)s2)c1. The molecule has 2 aromatic carbocycles. The molecule has 0 aliphatic carbocycles. The highest BCUT2D eigenvalue weighted by molar-refractivity contribution is 7.94. The Morgan fingerprint density at radius 2 is 1.59 bits per heavy atom. The molecule has 0 fully saturated rings. The van der Waals surface area contributed by atoms with Crippen molar-refractivity contribution in [1.29, 1.82) is 0 Å². The predicted molar refractivity (Wildman–Crippen MR) is 114 cm³/mol. The molecule has 1 heterocycles. The molecule has 0 spiro atoms. The molecule has 2 N–H and O–H groups in total. The molecular weight excluding hydrogens is 460 g/mol. The molecule has 0 saturated carbocycles. The Kier molecular flexibility index (Phi) is 6.80. The number of hydrogen-bond donors (Lipinski definition) is 2. The Labute approximate surface area is 186 Å². The van der Waals surface area contributed by atoms with Gasteiger partial charge in [0, 0.05) is 5.56 Å². The first-order chi connectivity index (χ1) is 15.2. The van der Waals surface area contributed by atoms with Crippen molar-refractivity contribution in [2.24, 2.45) is 0 Å². The van der Waals surface area contributed by atoms with E-state index in [-0.39, 0.29) is 21.9 Å². The van der Waals surface area contributed by atoms with E-state index in [0.717, 1.165) is 20.3 Å². The van der Waals surface area contributed by atoms with Gasteiger partial charge in [-0.25, -0.2) is 9.59 Å². The van der Waals surface area contributed by atoms with Crippen LogP contribution in [-0.2, 0) is 19.5 Å². The first-order valence-electron chi connectivity index (χ1n) is 8.78. The largest absolute Gasteiger partial charge is 0.465 e. The second-order valence-electron chi connectivity index (χ2n) is 6.04. The van der Waals surface area contributed by atoms with Crippen molar-refractivity contribution in [2.75, 3.05) is 24.3 Å². The third-order valence-corrected chi connectivity index (χ3v) is 6.55. The highest BCUT2D eigenvalue weighted by atomic mass is 32.2. The van der Waals surface area contributed by atoms with Crippen molar-refractivity contribution < 1.29 is 32.3 Å². The average Bonchev–Trinajstić information content (AvgIpc) is 3.27. The van der Waals surface area contributed by atoms with E-state index >= 15 is 0 Å². The topological polar surface area (TPSA) is 154 Å². The van der Waals surface area contributed by atoms with Crippen LogP contribution in [0.5, 0.6) is 0 Å². The minimum absolute atomic E-state index is 0.00549. The summed E-state index contributed by atoms with van der Waals surface area (Å²) >= 11 is 0.605. The van der Waals surface area contributed by atoms with Gasteiger partial charge in [-0.15, -0.1) is 10.2 Å². The highest BCUT2D eigenvalue weighted by Crippen LogP contribution is 2.26. The lowest BCUT2D eigenvalue weighted by Gasteiger charge is -2.11. The summed E-state index contributed by atoms with van der Waals surface area (Å²) in [5, 5.41) is 9.69. The van der Waals surface area contributed by atoms with Crippen LogP contribution in [0.15, 0.2) is 52.9 Å². The summed E-state index contributed by atoms with van der Waals surface area (Å²) in [5.74, 6) is -2.05. The molecule has 0 bridgehead atoms. The van der Waals surface area contributed by atoms with Crippen LogP contribution in [0, 0.1) is 0 Å². The van der Waals surface area contributed by atoms with Gasteiger partial charge in [0.05, 0.1) is 31.0 Å². The number of hydrogen-bond acceptors (Lipinski definition) is 10. The maximum atomic E-state index is 12.8. The standard InChI is InChI=1S/C19H16N4O7S2/c1-29-16(25)12-8-9-13(17(26)30-2)14(10-12)23-32(27,28)19-22-21-18(31-19)20-15(24)11-6-4-3-5-7-11/h3-10,23H,1-2H3,(H,20,21,24). The fourth-order valence-corrected chi connectivity index (χ4v) is 4.44. The van der Waals surface area contributed by atoms with Crippen LogP contribution in [0.1, 0.15) is 31.1 Å². The van der Waals surface area contributed by atoms with Crippen LogP contribution < -0.4 is 10.0 Å². The third kappa shape index (κ3) is 5.07. The summed E-state index contributed by atoms with van der Waals surface area (Å²) in [6.07, 6.45) is 0. The summed E-state index contributed by atoms with van der Waals surface area (Å²) in [6.45, 7) is 0. The van der Waals surface area contributed by atoms with Crippen molar-refractivity contribution in [2.45, 2.75) is 4.34 Å². The van der Waals surface area contributed by atoms with Crippen molar-refractivity contribution in [3.05, 3.63) is 65.2 Å². The Balaban J connectivity index is 1.87. The molecule has 0 atom stereocenters. The van der Waals surface area contributed by atoms with Gasteiger partial charge in [0.2, 0.25) is 5.13 Å². The van der Waals surface area contributed by atoms with E-state index in [1.54, 1.807) is 30.3 Å². The number of nitrogens with one attached hydrogen (secondary N) is 2. The first kappa shape index (κ1) is 22.8. The molecule has 11 nitrogen and oxygen atoms in total. The molecule has 0 aliphatic rings. The van der Waals surface area contributed by atoms with Crippen LogP contribution in [-0.4, -0.2) is 50.7 Å². The van der Waals surface area contributed by atoms with E-state index in [9.17, 15) is 22.8 Å². The minimum Gasteiger partial charge on any atom is -0.465 e. The molecule has 3 rings (SSSR count). The Morgan fingerprint density at radius 3 is 2.25 bits per heavy atom. The van der Waals surface area contributed by atoms with Crippen LogP contribution in [0.2, 0.25) is 0 Å². The molecule has 0 unspecified atom stereocenters. The normalized spacial score (nSPS) is 10.8. The van der Waals surface area contributed by atoms with Gasteiger partial charge >= 0.3 is 11.9 Å². The van der Waals surface area contributed by atoms with E-state index in [1.165, 1.54) is 12.1 Å². The second-order valence-corrected chi connectivity index (χ2v) is 8.88. The Hall–Kier alpha value is -3.84. The summed E-state index contributed by atoms with van der Waals surface area (Å²) in [4.78, 5) is 36.0. The number of rotatable bonds is 7. The summed E-state index contributed by atoms with van der Waals surface area (Å²) < 4.78 is 36.6. The third-order valence-electron chi connectivity index (χ3n) is 3.98. The summed E-state index contributed by atoms with van der Waals surface area (Å²) in [6, 6.07) is 11.9. The van der Waals surface area contributed by atoms with E-state index in [4.69, 9.17) is 0 Å². The Bertz CT molecular complexity index is 1270. The van der Waals surface area contributed by atoms with Gasteiger partial charge in [-0.2, -0.15) is 8.42 Å². The number of esters is 2. The number of carbonyl (C=O) groups excluding carboxylic acids is 3. The predicted octanol–water partition coefficient (Wildman–Crippen LogP) is 2.16. The number of aromatic nitrogens is 2. The lowest BCUT2D eigenvalue weighted by molar-refractivity contribution is 0.0587. The number of nitrogens with zero attached hydrogens (tertiary/aromatic N) is 2. The van der Waals surface area contributed by atoms with Crippen molar-refractivity contribution >= 4 is 50.0 Å². The van der Waals surface area contributed by atoms with Gasteiger partial charge in [0.15, 0.2) is 0 Å². The summed E-state index contributed by atoms with van der Waals surface area (Å²) in [7, 11) is -2.04. The maximum Gasteiger partial charge on any atom is 0.339 e. The van der Waals surface area contributed by atoms with Crippen molar-refractivity contribution in [1.82, 2.24) is 10.2 Å². The number of ether oxygens (including phenoxy) is 2. The quantitative estimate of drug-likeness (QED) is 0.386. The molecule has 13 heteroatoms. The average molecular weight is 476 g/mol. The fourth-order valence-electron chi connectivity index (χ4n) is 2.48. The number of benzene rings is 2. The van der Waals surface area contributed by atoms with Crippen LogP contribution >= 0.6 is 11.3 Å². The van der Waals surface area contributed by atoms with Gasteiger partial charge in [0.25, 0.3) is 20.3 Å². The zero-order valence-electron chi connectivity index (χ0n) is 16.7. The van der Waals surface area contributed by atoms with Gasteiger partial charge in [0.1, 0.15) is 0 Å². The number of methoxy groups -OCH3 is 2. The lowest BCUT2D eigenvalue weighted by atomic mass is 10.1. The Morgan fingerprint density at radius 1 is 0.906 bits per heavy atom. The van der Waals surface area contributed by atoms with Gasteiger partial charge in [-0.1, -0.05) is 29.5 Å². The van der Waals surface area contributed by atoms with Crippen LogP contribution in [0.4, 0.5) is 10.8 Å². The first-order valence-corrected chi connectivity index (χ1v) is 11.1. The molecular formula is C19H16N4O7S2. The summed E-state index contributed by atoms with van der Waals surface area (Å²) in [5.41, 5.74) is 0.00850. The fraction of sp³-hybridized carbons (Fsp3) is 0.105. The molecule has 1 amide bonds. The van der Waals surface area contributed by atoms with Gasteiger partial charge in [-0.05, 0) is 30.3 Å². The zero-order valence-corrected chi connectivity index (χ0v) is 18.3. The highest BCUT2D eigenvalue weighted by Gasteiger charge is 2.25. The van der Waals surface area contributed by atoms with Crippen molar-refractivity contribution in [3.63, 3.8) is 0 Å². The molecule has 1 aromatic heterocycles. The zero-order chi connectivity index (χ0) is 23.3. The number of amides is 1. The second kappa shape index (κ2) is 9.53. The molecule has 166 valence electrons. The van der Waals surface area contributed by atoms with Crippen molar-refractivity contribution in [3.8, 4) is 0 Å². The van der Waals surface area contributed by atoms with Crippen LogP contribution in [0.25, 0.3) is 0 Å². The van der Waals surface area contributed by atoms with E-state index in [0.29, 0.717) is 16.9 Å². The monoisotopic (exact) mass is 476 g/mol. The van der Waals surface area contributed by atoms with Gasteiger partial charge in [-0.3, -0.25) is 14.8 Å². The molecule has 0 radical (unpaired) electrons. The molecule has 0 aliphatic heterocycles. The van der Waals surface area contributed by atoms with Gasteiger partial charge < -0.3 is 9.47 Å². The molecule has 0 saturated heterocycles. The maximum absolute atomic E-state index is 12.8. The molecule has 32 heavy (non-hydrogen) atoms. The molecule has 3 aromatic rings. The van der Waals surface area contributed by atoms with E-state index < -0.39 is 32.2 Å². The van der Waals surface area contributed by atoms with E-state index in [2.05, 4.69) is 29.7 Å². The van der Waals surface area contributed by atoms with Crippen LogP contribution in [0.3, 0.4) is 0 Å². The number of carbonyl (C=O) groups is 3. The lowest BCUT2D eigenvalue weighted by Crippen LogP contribution is -2.17. The minimum atomic E-state index is -4.32. The number of sulfonamides is 1.